The monoisotopic (exact) mass is 274 g/mol. The van der Waals surface area contributed by atoms with Crippen molar-refractivity contribution in [2.75, 3.05) is 6.54 Å². The fourth-order valence-corrected chi connectivity index (χ4v) is 1.67. The third-order valence-corrected chi connectivity index (χ3v) is 2.45. The van der Waals surface area contributed by atoms with Gasteiger partial charge in [-0.05, 0) is 12.1 Å². The number of phenols is 1. The van der Waals surface area contributed by atoms with E-state index in [9.17, 15) is 9.90 Å². The molecule has 82 valence electrons. The van der Waals surface area contributed by atoms with E-state index in [2.05, 4.69) is 15.9 Å². The van der Waals surface area contributed by atoms with Crippen molar-refractivity contribution in [3.63, 3.8) is 0 Å². The van der Waals surface area contributed by atoms with Crippen molar-refractivity contribution in [1.82, 2.24) is 0 Å². The van der Waals surface area contributed by atoms with Crippen molar-refractivity contribution in [2.24, 2.45) is 11.5 Å². The Morgan fingerprint density at radius 3 is 2.60 bits per heavy atom. The number of aromatic hydroxyl groups is 1. The average molecular weight is 275 g/mol. The van der Waals surface area contributed by atoms with Gasteiger partial charge in [-0.25, -0.2) is 4.79 Å². The SMILES string of the molecule is NC[C@@H](N)c1cc(Br)cc(C(=O)O)c1O. The van der Waals surface area contributed by atoms with Crippen LogP contribution in [0.5, 0.6) is 5.75 Å². The summed E-state index contributed by atoms with van der Waals surface area (Å²) in [7, 11) is 0. The van der Waals surface area contributed by atoms with E-state index in [1.54, 1.807) is 6.07 Å². The summed E-state index contributed by atoms with van der Waals surface area (Å²) in [5.74, 6) is -1.54. The minimum Gasteiger partial charge on any atom is -0.507 e. The second-order valence-electron chi connectivity index (χ2n) is 3.04. The van der Waals surface area contributed by atoms with Crippen LogP contribution in [-0.2, 0) is 0 Å². The van der Waals surface area contributed by atoms with Gasteiger partial charge in [0.15, 0.2) is 0 Å². The zero-order chi connectivity index (χ0) is 11.6. The maximum absolute atomic E-state index is 10.8. The summed E-state index contributed by atoms with van der Waals surface area (Å²) >= 11 is 3.14. The molecule has 1 aromatic carbocycles. The molecule has 0 aliphatic heterocycles. The van der Waals surface area contributed by atoms with Gasteiger partial charge in [0, 0.05) is 22.6 Å². The van der Waals surface area contributed by atoms with Crippen LogP contribution in [0, 0.1) is 0 Å². The van der Waals surface area contributed by atoms with Gasteiger partial charge >= 0.3 is 5.97 Å². The molecule has 1 atom stereocenters. The first-order chi connectivity index (χ1) is 6.97. The van der Waals surface area contributed by atoms with Gasteiger partial charge in [-0.2, -0.15) is 0 Å². The molecule has 0 radical (unpaired) electrons. The second-order valence-corrected chi connectivity index (χ2v) is 3.95. The third-order valence-electron chi connectivity index (χ3n) is 1.99. The van der Waals surface area contributed by atoms with Crippen LogP contribution in [0.4, 0.5) is 0 Å². The molecule has 0 bridgehead atoms. The van der Waals surface area contributed by atoms with Crippen LogP contribution in [0.15, 0.2) is 16.6 Å². The molecule has 0 fully saturated rings. The highest BCUT2D eigenvalue weighted by molar-refractivity contribution is 9.10. The molecule has 0 amide bonds. The summed E-state index contributed by atoms with van der Waals surface area (Å²) in [6.07, 6.45) is 0. The minimum atomic E-state index is -1.21. The van der Waals surface area contributed by atoms with Gasteiger partial charge < -0.3 is 21.7 Å². The fraction of sp³-hybridized carbons (Fsp3) is 0.222. The summed E-state index contributed by atoms with van der Waals surface area (Å²) in [5, 5.41) is 18.5. The van der Waals surface area contributed by atoms with E-state index in [0.717, 1.165) is 0 Å². The largest absolute Gasteiger partial charge is 0.507 e. The Morgan fingerprint density at radius 1 is 1.53 bits per heavy atom. The number of rotatable bonds is 3. The van der Waals surface area contributed by atoms with Crippen LogP contribution >= 0.6 is 15.9 Å². The summed E-state index contributed by atoms with van der Waals surface area (Å²) < 4.78 is 0.539. The molecule has 6 heteroatoms. The van der Waals surface area contributed by atoms with E-state index < -0.39 is 12.0 Å². The Labute approximate surface area is 94.8 Å². The van der Waals surface area contributed by atoms with Crippen LogP contribution in [0.3, 0.4) is 0 Å². The number of carboxylic acids is 1. The standard InChI is InChI=1S/C9H11BrN2O3/c10-4-1-5(7(12)3-11)8(13)6(2-4)9(14)15/h1-2,7,13H,3,11-12H2,(H,14,15)/t7-/m1/s1. The van der Waals surface area contributed by atoms with Crippen molar-refractivity contribution in [1.29, 1.82) is 0 Å². The number of nitrogens with two attached hydrogens (primary N) is 2. The highest BCUT2D eigenvalue weighted by atomic mass is 79.9. The first kappa shape index (κ1) is 12.0. The van der Waals surface area contributed by atoms with Crippen molar-refractivity contribution in [3.8, 4) is 5.75 Å². The van der Waals surface area contributed by atoms with Crippen molar-refractivity contribution >= 4 is 21.9 Å². The molecule has 0 heterocycles. The first-order valence-electron chi connectivity index (χ1n) is 4.18. The highest BCUT2D eigenvalue weighted by Gasteiger charge is 2.18. The van der Waals surface area contributed by atoms with Gasteiger partial charge in [-0.1, -0.05) is 15.9 Å². The second kappa shape index (κ2) is 4.61. The molecule has 1 aromatic rings. The molecule has 0 saturated heterocycles. The lowest BCUT2D eigenvalue weighted by molar-refractivity contribution is 0.0693. The number of halogens is 1. The third kappa shape index (κ3) is 2.47. The summed E-state index contributed by atoms with van der Waals surface area (Å²) in [6, 6.07) is 2.28. The Hall–Kier alpha value is -1.11. The zero-order valence-electron chi connectivity index (χ0n) is 7.77. The van der Waals surface area contributed by atoms with E-state index in [4.69, 9.17) is 16.6 Å². The maximum Gasteiger partial charge on any atom is 0.339 e. The molecular formula is C9H11BrN2O3. The highest BCUT2D eigenvalue weighted by Crippen LogP contribution is 2.30. The summed E-state index contributed by atoms with van der Waals surface area (Å²) in [5.41, 5.74) is 11.1. The lowest BCUT2D eigenvalue weighted by Crippen LogP contribution is -2.21. The summed E-state index contributed by atoms with van der Waals surface area (Å²) in [4.78, 5) is 10.8. The van der Waals surface area contributed by atoms with Crippen LogP contribution in [0.2, 0.25) is 0 Å². The van der Waals surface area contributed by atoms with Gasteiger partial charge in [0.2, 0.25) is 0 Å². The Balaban J connectivity index is 3.34. The van der Waals surface area contributed by atoms with Gasteiger partial charge in [0.05, 0.1) is 0 Å². The maximum atomic E-state index is 10.8. The van der Waals surface area contributed by atoms with Crippen molar-refractivity contribution < 1.29 is 15.0 Å². The van der Waals surface area contributed by atoms with Crippen LogP contribution < -0.4 is 11.5 Å². The fourth-order valence-electron chi connectivity index (χ4n) is 1.19. The smallest absolute Gasteiger partial charge is 0.339 e. The molecule has 0 aliphatic carbocycles. The van der Waals surface area contributed by atoms with Gasteiger partial charge in [-0.15, -0.1) is 0 Å². The van der Waals surface area contributed by atoms with E-state index >= 15 is 0 Å². The van der Waals surface area contributed by atoms with Gasteiger partial charge in [0.1, 0.15) is 11.3 Å². The van der Waals surface area contributed by atoms with Crippen LogP contribution in [0.1, 0.15) is 22.0 Å². The molecule has 6 N–H and O–H groups in total. The van der Waals surface area contributed by atoms with Gasteiger partial charge in [-0.3, -0.25) is 0 Å². The predicted octanol–water partition coefficient (Wildman–Crippen LogP) is 0.811. The number of benzene rings is 1. The molecule has 15 heavy (non-hydrogen) atoms. The quantitative estimate of drug-likeness (QED) is 0.652. The van der Waals surface area contributed by atoms with E-state index in [1.807, 2.05) is 0 Å². The molecule has 0 spiro atoms. The van der Waals surface area contributed by atoms with E-state index in [1.165, 1.54) is 6.07 Å². The Morgan fingerprint density at radius 2 is 2.13 bits per heavy atom. The number of carbonyl (C=O) groups is 1. The summed E-state index contributed by atoms with van der Waals surface area (Å²) in [6.45, 7) is 0.128. The van der Waals surface area contributed by atoms with Crippen LogP contribution in [-0.4, -0.2) is 22.7 Å². The Bertz CT molecular complexity index is 395. The molecule has 0 aliphatic rings. The number of aromatic carboxylic acids is 1. The number of hydrogen-bond acceptors (Lipinski definition) is 4. The molecule has 1 rings (SSSR count). The predicted molar refractivity (Wildman–Crippen MR) is 58.7 cm³/mol. The molecule has 0 aromatic heterocycles. The Kier molecular flexibility index (Phi) is 3.67. The lowest BCUT2D eigenvalue weighted by Gasteiger charge is -2.13. The van der Waals surface area contributed by atoms with E-state index in [-0.39, 0.29) is 17.9 Å². The number of hydrogen-bond donors (Lipinski definition) is 4. The normalized spacial score (nSPS) is 12.5. The van der Waals surface area contributed by atoms with E-state index in [0.29, 0.717) is 10.0 Å². The topological polar surface area (TPSA) is 110 Å². The minimum absolute atomic E-state index is 0.128. The van der Waals surface area contributed by atoms with Crippen molar-refractivity contribution in [2.45, 2.75) is 6.04 Å². The lowest BCUT2D eigenvalue weighted by atomic mass is 10.0. The first-order valence-corrected chi connectivity index (χ1v) is 4.98. The van der Waals surface area contributed by atoms with Crippen LogP contribution in [0.25, 0.3) is 0 Å². The molecular weight excluding hydrogens is 264 g/mol. The molecule has 5 nitrogen and oxygen atoms in total. The van der Waals surface area contributed by atoms with Gasteiger partial charge in [0.25, 0.3) is 0 Å². The zero-order valence-corrected chi connectivity index (χ0v) is 9.36. The number of carboxylic acid groups (broad SMARTS) is 1. The average Bonchev–Trinajstić information content (AvgIpc) is 2.19. The van der Waals surface area contributed by atoms with Crippen molar-refractivity contribution in [3.05, 3.63) is 27.7 Å². The molecule has 0 saturated carbocycles. The molecule has 0 unspecified atom stereocenters.